The van der Waals surface area contributed by atoms with E-state index in [1.165, 1.54) is 23.5 Å². The summed E-state index contributed by atoms with van der Waals surface area (Å²) in [6.45, 7) is 1.79. The van der Waals surface area contributed by atoms with Gasteiger partial charge in [-0.3, -0.25) is 4.79 Å². The fourth-order valence-corrected chi connectivity index (χ4v) is 4.55. The summed E-state index contributed by atoms with van der Waals surface area (Å²) in [4.78, 5) is 15.5. The van der Waals surface area contributed by atoms with E-state index in [0.717, 1.165) is 10.9 Å². The Kier molecular flexibility index (Phi) is 6.36. The highest BCUT2D eigenvalue weighted by molar-refractivity contribution is 7.89. The first-order valence-corrected chi connectivity index (χ1v) is 10.7. The number of sulfonamides is 1. The van der Waals surface area contributed by atoms with Crippen molar-refractivity contribution in [3.05, 3.63) is 70.0 Å². The van der Waals surface area contributed by atoms with Gasteiger partial charge in [0.2, 0.25) is 10.0 Å². The number of hydrogen-bond donors (Lipinski definition) is 2. The maximum absolute atomic E-state index is 13.2. The molecule has 0 radical (unpaired) electrons. The molecule has 3 rings (SSSR count). The van der Waals surface area contributed by atoms with Crippen LogP contribution in [-0.4, -0.2) is 43.1 Å². The predicted octanol–water partition coefficient (Wildman–Crippen LogP) is 2.42. The number of H-pyrrole nitrogens is 1. The molecule has 0 saturated heterocycles. The molecule has 154 valence electrons. The molecule has 1 aromatic heterocycles. The van der Waals surface area contributed by atoms with Crippen LogP contribution in [0, 0.1) is 6.92 Å². The van der Waals surface area contributed by atoms with Gasteiger partial charge in [0.15, 0.2) is 0 Å². The molecule has 1 heterocycles. The molecule has 0 saturated carbocycles. The molecule has 0 unspecified atom stereocenters. The third-order valence-corrected chi connectivity index (χ3v) is 6.55. The first-order chi connectivity index (χ1) is 13.8. The molecule has 0 bridgehead atoms. The summed E-state index contributed by atoms with van der Waals surface area (Å²) in [5.41, 5.74) is 1.74. The molecule has 0 amide bonds. The number of nitrogens with one attached hydrogen (secondary N) is 1. The highest BCUT2D eigenvalue weighted by Crippen LogP contribution is 2.22. The molecule has 2 aromatic carbocycles. The van der Waals surface area contributed by atoms with Crippen molar-refractivity contribution in [3.63, 3.8) is 0 Å². The van der Waals surface area contributed by atoms with Crippen LogP contribution >= 0.6 is 0 Å². The maximum atomic E-state index is 13.2. The van der Waals surface area contributed by atoms with E-state index in [4.69, 9.17) is 4.74 Å². The van der Waals surface area contributed by atoms with Crippen LogP contribution in [0.25, 0.3) is 10.9 Å². The Morgan fingerprint density at radius 2 is 1.83 bits per heavy atom. The lowest BCUT2D eigenvalue weighted by atomic mass is 10.1. The number of hydrogen-bond acceptors (Lipinski definition) is 5. The fraction of sp³-hybridized carbons (Fsp3) is 0.286. The predicted molar refractivity (Wildman–Crippen MR) is 112 cm³/mol. The molecule has 0 atom stereocenters. The Morgan fingerprint density at radius 1 is 1.10 bits per heavy atom. The SMILES string of the molecule is COc1ccc(S(=O)(=O)N(CCCO)Cc2cc3ccc(C)cc3[nH]c2=O)cc1. The molecule has 2 N–H and O–H groups in total. The summed E-state index contributed by atoms with van der Waals surface area (Å²) in [6.07, 6.45) is 0.264. The van der Waals surface area contributed by atoms with Crippen LogP contribution < -0.4 is 10.3 Å². The monoisotopic (exact) mass is 416 g/mol. The van der Waals surface area contributed by atoms with Gasteiger partial charge in [-0.1, -0.05) is 12.1 Å². The number of nitrogens with zero attached hydrogens (tertiary/aromatic N) is 1. The van der Waals surface area contributed by atoms with Crippen LogP contribution in [0.2, 0.25) is 0 Å². The molecule has 0 aliphatic heterocycles. The summed E-state index contributed by atoms with van der Waals surface area (Å²) in [5.74, 6) is 0.548. The summed E-state index contributed by atoms with van der Waals surface area (Å²) < 4.78 is 32.6. The summed E-state index contributed by atoms with van der Waals surface area (Å²) in [5, 5.41) is 10.0. The number of rotatable bonds is 8. The van der Waals surface area contributed by atoms with Crippen LogP contribution in [0.3, 0.4) is 0 Å². The molecular weight excluding hydrogens is 392 g/mol. The molecule has 0 spiro atoms. The van der Waals surface area contributed by atoms with E-state index >= 15 is 0 Å². The van der Waals surface area contributed by atoms with Crippen LogP contribution in [-0.2, 0) is 16.6 Å². The van der Waals surface area contributed by atoms with Gasteiger partial charge in [-0.15, -0.1) is 0 Å². The van der Waals surface area contributed by atoms with Gasteiger partial charge in [-0.2, -0.15) is 4.31 Å². The second kappa shape index (κ2) is 8.77. The summed E-state index contributed by atoms with van der Waals surface area (Å²) >= 11 is 0. The number of aliphatic hydroxyl groups excluding tert-OH is 1. The lowest BCUT2D eigenvalue weighted by Crippen LogP contribution is -2.34. The molecule has 0 fully saturated rings. The number of aryl methyl sites for hydroxylation is 1. The Bertz CT molecular complexity index is 1150. The maximum Gasteiger partial charge on any atom is 0.252 e. The van der Waals surface area contributed by atoms with E-state index in [9.17, 15) is 18.3 Å². The second-order valence-electron chi connectivity index (χ2n) is 6.81. The molecule has 29 heavy (non-hydrogen) atoms. The normalized spacial score (nSPS) is 11.9. The van der Waals surface area contributed by atoms with Gasteiger partial charge >= 0.3 is 0 Å². The molecule has 3 aromatic rings. The number of aromatic amines is 1. The highest BCUT2D eigenvalue weighted by atomic mass is 32.2. The van der Waals surface area contributed by atoms with Crippen molar-refractivity contribution >= 4 is 20.9 Å². The molecule has 0 aliphatic carbocycles. The van der Waals surface area contributed by atoms with Gasteiger partial charge in [-0.25, -0.2) is 8.42 Å². The van der Waals surface area contributed by atoms with Gasteiger partial charge < -0.3 is 14.8 Å². The number of fused-ring (bicyclic) bond motifs is 1. The van der Waals surface area contributed by atoms with E-state index in [-0.39, 0.29) is 36.6 Å². The van der Waals surface area contributed by atoms with Crippen molar-refractivity contribution in [2.45, 2.75) is 24.8 Å². The van der Waals surface area contributed by atoms with Gasteiger partial charge in [0.25, 0.3) is 5.56 Å². The fourth-order valence-electron chi connectivity index (χ4n) is 3.10. The third kappa shape index (κ3) is 4.67. The van der Waals surface area contributed by atoms with Crippen molar-refractivity contribution in [1.29, 1.82) is 0 Å². The first kappa shape index (κ1) is 21.0. The number of aliphatic hydroxyl groups is 1. The number of ether oxygens (including phenoxy) is 1. The Morgan fingerprint density at radius 3 is 2.48 bits per heavy atom. The number of aromatic nitrogens is 1. The van der Waals surface area contributed by atoms with Crippen LogP contribution in [0.15, 0.2) is 58.2 Å². The van der Waals surface area contributed by atoms with E-state index < -0.39 is 10.0 Å². The highest BCUT2D eigenvalue weighted by Gasteiger charge is 2.25. The second-order valence-corrected chi connectivity index (χ2v) is 8.74. The minimum absolute atomic E-state index is 0.0898. The number of methoxy groups -OCH3 is 1. The van der Waals surface area contributed by atoms with Crippen molar-refractivity contribution in [2.75, 3.05) is 20.3 Å². The molecule has 8 heteroatoms. The van der Waals surface area contributed by atoms with Crippen molar-refractivity contribution in [2.24, 2.45) is 0 Å². The third-order valence-electron chi connectivity index (χ3n) is 4.69. The van der Waals surface area contributed by atoms with Gasteiger partial charge in [0.05, 0.1) is 12.0 Å². The Labute approximate surface area is 169 Å². The Hall–Kier alpha value is -2.68. The Balaban J connectivity index is 1.98. The van der Waals surface area contributed by atoms with Crippen molar-refractivity contribution in [1.82, 2.24) is 9.29 Å². The van der Waals surface area contributed by atoms with Crippen molar-refractivity contribution < 1.29 is 18.3 Å². The molecule has 7 nitrogen and oxygen atoms in total. The first-order valence-electron chi connectivity index (χ1n) is 9.23. The minimum atomic E-state index is -3.86. The van der Waals surface area contributed by atoms with E-state index in [2.05, 4.69) is 4.98 Å². The number of benzene rings is 2. The van der Waals surface area contributed by atoms with Gasteiger partial charge in [0.1, 0.15) is 5.75 Å². The largest absolute Gasteiger partial charge is 0.497 e. The topological polar surface area (TPSA) is 99.7 Å². The van der Waals surface area contributed by atoms with Crippen LogP contribution in [0.1, 0.15) is 17.5 Å². The van der Waals surface area contributed by atoms with E-state index in [1.807, 2.05) is 25.1 Å². The summed E-state index contributed by atoms with van der Waals surface area (Å²) in [7, 11) is -2.35. The smallest absolute Gasteiger partial charge is 0.252 e. The number of pyridine rings is 1. The standard InChI is InChI=1S/C21H24N2O5S/c1-15-4-5-16-13-17(21(25)22-20(16)12-15)14-23(10-3-11-24)29(26,27)19-8-6-18(28-2)7-9-19/h4-9,12-13,24H,3,10-11,14H2,1-2H3,(H,22,25). The van der Waals surface area contributed by atoms with Gasteiger partial charge in [0, 0.05) is 30.8 Å². The lowest BCUT2D eigenvalue weighted by Gasteiger charge is -2.22. The van der Waals surface area contributed by atoms with E-state index in [0.29, 0.717) is 16.8 Å². The molecular formula is C21H24N2O5S. The van der Waals surface area contributed by atoms with E-state index in [1.54, 1.807) is 18.2 Å². The molecule has 0 aliphatic rings. The summed E-state index contributed by atoms with van der Waals surface area (Å²) in [6, 6.07) is 13.5. The van der Waals surface area contributed by atoms with Crippen LogP contribution in [0.4, 0.5) is 0 Å². The zero-order valence-electron chi connectivity index (χ0n) is 16.4. The van der Waals surface area contributed by atoms with Crippen molar-refractivity contribution in [3.8, 4) is 5.75 Å². The average molecular weight is 416 g/mol. The lowest BCUT2D eigenvalue weighted by molar-refractivity contribution is 0.267. The quantitative estimate of drug-likeness (QED) is 0.587. The van der Waals surface area contributed by atoms with Gasteiger partial charge in [-0.05, 0) is 60.7 Å². The minimum Gasteiger partial charge on any atom is -0.497 e. The van der Waals surface area contributed by atoms with Crippen LogP contribution in [0.5, 0.6) is 5.75 Å². The zero-order valence-corrected chi connectivity index (χ0v) is 17.2. The zero-order chi connectivity index (χ0) is 21.0. The average Bonchev–Trinajstić information content (AvgIpc) is 2.71.